The monoisotopic (exact) mass is 292 g/mol. The molecule has 0 saturated carbocycles. The first kappa shape index (κ1) is 15.7. The molecule has 2 N–H and O–H groups in total. The van der Waals surface area contributed by atoms with E-state index in [9.17, 15) is 4.79 Å². The van der Waals surface area contributed by atoms with Crippen LogP contribution in [0.5, 0.6) is 0 Å². The van der Waals surface area contributed by atoms with Crippen molar-refractivity contribution in [1.29, 1.82) is 0 Å². The second kappa shape index (κ2) is 7.95. The van der Waals surface area contributed by atoms with E-state index in [0.717, 1.165) is 26.1 Å². The van der Waals surface area contributed by atoms with Crippen LogP contribution in [-0.4, -0.2) is 54.3 Å². The molecule has 1 aromatic heterocycles. The van der Waals surface area contributed by atoms with E-state index >= 15 is 0 Å². The van der Waals surface area contributed by atoms with E-state index in [4.69, 9.17) is 4.74 Å². The number of morpholine rings is 1. The van der Waals surface area contributed by atoms with Gasteiger partial charge in [-0.1, -0.05) is 0 Å². The zero-order chi connectivity index (χ0) is 15.1. The highest BCUT2D eigenvalue weighted by Crippen LogP contribution is 2.10. The van der Waals surface area contributed by atoms with Crippen LogP contribution in [0.15, 0.2) is 24.5 Å². The van der Waals surface area contributed by atoms with E-state index in [-0.39, 0.29) is 18.2 Å². The number of carbonyl (C=O) groups excluding carboxylic acids is 1. The molecular formula is C15H24N4O2. The van der Waals surface area contributed by atoms with Crippen LogP contribution in [0.25, 0.3) is 0 Å². The molecule has 116 valence electrons. The third kappa shape index (κ3) is 5.69. The van der Waals surface area contributed by atoms with Crippen LogP contribution < -0.4 is 10.6 Å². The SMILES string of the molecule is CC1CN(CCCNC(=O)Nc2cccnc2)CC(C)O1. The molecule has 0 aromatic carbocycles. The zero-order valence-electron chi connectivity index (χ0n) is 12.7. The van der Waals surface area contributed by atoms with Gasteiger partial charge in [0.05, 0.1) is 24.1 Å². The second-order valence-electron chi connectivity index (χ2n) is 5.49. The predicted molar refractivity (Wildman–Crippen MR) is 82.3 cm³/mol. The predicted octanol–water partition coefficient (Wildman–Crippen LogP) is 1.70. The number of nitrogens with zero attached hydrogens (tertiary/aromatic N) is 2. The van der Waals surface area contributed by atoms with Crippen molar-refractivity contribution >= 4 is 11.7 Å². The maximum Gasteiger partial charge on any atom is 0.319 e. The molecule has 1 aliphatic rings. The van der Waals surface area contributed by atoms with Crippen LogP contribution in [0, 0.1) is 0 Å². The fourth-order valence-corrected chi connectivity index (χ4v) is 2.58. The van der Waals surface area contributed by atoms with Crippen LogP contribution in [0.2, 0.25) is 0 Å². The second-order valence-corrected chi connectivity index (χ2v) is 5.49. The lowest BCUT2D eigenvalue weighted by Gasteiger charge is -2.35. The standard InChI is InChI=1S/C15H24N4O2/c1-12-10-19(11-13(2)21-12)8-4-7-17-15(20)18-14-5-3-6-16-9-14/h3,5-6,9,12-13H,4,7-8,10-11H2,1-2H3,(H2,17,18,20). The molecule has 2 rings (SSSR count). The molecule has 1 saturated heterocycles. The minimum Gasteiger partial charge on any atom is -0.373 e. The van der Waals surface area contributed by atoms with Gasteiger partial charge in [0.1, 0.15) is 0 Å². The van der Waals surface area contributed by atoms with Gasteiger partial charge in [0.15, 0.2) is 0 Å². The van der Waals surface area contributed by atoms with Crippen molar-refractivity contribution < 1.29 is 9.53 Å². The number of urea groups is 1. The smallest absolute Gasteiger partial charge is 0.319 e. The fraction of sp³-hybridized carbons (Fsp3) is 0.600. The normalized spacial score (nSPS) is 22.8. The Morgan fingerprint density at radius 1 is 1.43 bits per heavy atom. The molecule has 1 fully saturated rings. The van der Waals surface area contributed by atoms with Gasteiger partial charge < -0.3 is 15.4 Å². The van der Waals surface area contributed by atoms with E-state index in [2.05, 4.69) is 34.4 Å². The molecule has 2 unspecified atom stereocenters. The Kier molecular flexibility index (Phi) is 5.95. The van der Waals surface area contributed by atoms with Crippen LogP contribution in [-0.2, 0) is 4.74 Å². The maximum absolute atomic E-state index is 11.7. The summed E-state index contributed by atoms with van der Waals surface area (Å²) in [4.78, 5) is 18.0. The number of rotatable bonds is 5. The van der Waals surface area contributed by atoms with Crippen molar-refractivity contribution in [3.63, 3.8) is 0 Å². The number of pyridine rings is 1. The Morgan fingerprint density at radius 2 is 2.19 bits per heavy atom. The summed E-state index contributed by atoms with van der Waals surface area (Å²) in [5, 5.41) is 5.61. The number of hydrogen-bond donors (Lipinski definition) is 2. The number of anilines is 1. The lowest BCUT2D eigenvalue weighted by atomic mass is 10.2. The summed E-state index contributed by atoms with van der Waals surface area (Å²) in [5.41, 5.74) is 0.700. The number of nitrogens with one attached hydrogen (secondary N) is 2. The molecule has 21 heavy (non-hydrogen) atoms. The van der Waals surface area contributed by atoms with Gasteiger partial charge in [0.2, 0.25) is 0 Å². The Hall–Kier alpha value is -1.66. The largest absolute Gasteiger partial charge is 0.373 e. The number of aromatic nitrogens is 1. The minimum atomic E-state index is -0.188. The molecule has 6 heteroatoms. The third-order valence-corrected chi connectivity index (χ3v) is 3.35. The van der Waals surface area contributed by atoms with Crippen molar-refractivity contribution in [3.05, 3.63) is 24.5 Å². The van der Waals surface area contributed by atoms with E-state index in [0.29, 0.717) is 12.2 Å². The topological polar surface area (TPSA) is 66.5 Å². The summed E-state index contributed by atoms with van der Waals surface area (Å²) >= 11 is 0. The van der Waals surface area contributed by atoms with Gasteiger partial charge in [-0.05, 0) is 32.4 Å². The molecule has 1 aliphatic heterocycles. The number of hydrogen-bond acceptors (Lipinski definition) is 4. The lowest BCUT2D eigenvalue weighted by Crippen LogP contribution is -2.46. The highest BCUT2D eigenvalue weighted by atomic mass is 16.5. The number of carbonyl (C=O) groups is 1. The highest BCUT2D eigenvalue weighted by Gasteiger charge is 2.21. The van der Waals surface area contributed by atoms with Gasteiger partial charge in [0, 0.05) is 32.4 Å². The van der Waals surface area contributed by atoms with E-state index < -0.39 is 0 Å². The average Bonchev–Trinajstić information content (AvgIpc) is 2.44. The summed E-state index contributed by atoms with van der Waals surface area (Å²) in [7, 11) is 0. The Bertz CT molecular complexity index is 431. The molecule has 2 amide bonds. The molecule has 6 nitrogen and oxygen atoms in total. The molecule has 0 bridgehead atoms. The minimum absolute atomic E-state index is 0.188. The van der Waals surface area contributed by atoms with Gasteiger partial charge in [-0.25, -0.2) is 4.79 Å². The van der Waals surface area contributed by atoms with Gasteiger partial charge in [-0.15, -0.1) is 0 Å². The number of ether oxygens (including phenoxy) is 1. The van der Waals surface area contributed by atoms with E-state index in [1.807, 2.05) is 6.07 Å². The Labute approximate surface area is 125 Å². The van der Waals surface area contributed by atoms with Gasteiger partial charge >= 0.3 is 6.03 Å². The van der Waals surface area contributed by atoms with Crippen LogP contribution >= 0.6 is 0 Å². The molecule has 2 atom stereocenters. The third-order valence-electron chi connectivity index (χ3n) is 3.35. The van der Waals surface area contributed by atoms with Gasteiger partial charge in [-0.2, -0.15) is 0 Å². The van der Waals surface area contributed by atoms with Crippen molar-refractivity contribution in [2.75, 3.05) is 31.5 Å². The van der Waals surface area contributed by atoms with E-state index in [1.54, 1.807) is 18.5 Å². The Balaban J connectivity index is 1.60. The number of amides is 2. The van der Waals surface area contributed by atoms with Crippen molar-refractivity contribution in [3.8, 4) is 0 Å². The highest BCUT2D eigenvalue weighted by molar-refractivity contribution is 5.88. The van der Waals surface area contributed by atoms with Crippen molar-refractivity contribution in [2.24, 2.45) is 0 Å². The van der Waals surface area contributed by atoms with E-state index in [1.165, 1.54) is 0 Å². The Morgan fingerprint density at radius 3 is 2.86 bits per heavy atom. The first-order chi connectivity index (χ1) is 10.1. The first-order valence-corrected chi connectivity index (χ1v) is 7.46. The average molecular weight is 292 g/mol. The van der Waals surface area contributed by atoms with Crippen molar-refractivity contribution in [1.82, 2.24) is 15.2 Å². The first-order valence-electron chi connectivity index (χ1n) is 7.46. The van der Waals surface area contributed by atoms with Crippen LogP contribution in [0.3, 0.4) is 0 Å². The van der Waals surface area contributed by atoms with Crippen molar-refractivity contribution in [2.45, 2.75) is 32.5 Å². The summed E-state index contributed by atoms with van der Waals surface area (Å²) in [6, 6.07) is 3.41. The van der Waals surface area contributed by atoms with Crippen LogP contribution in [0.4, 0.5) is 10.5 Å². The summed E-state index contributed by atoms with van der Waals surface area (Å²) in [5.74, 6) is 0. The summed E-state index contributed by atoms with van der Waals surface area (Å²) in [6.45, 7) is 7.76. The molecule has 0 radical (unpaired) electrons. The maximum atomic E-state index is 11.7. The fourth-order valence-electron chi connectivity index (χ4n) is 2.58. The zero-order valence-corrected chi connectivity index (χ0v) is 12.7. The quantitative estimate of drug-likeness (QED) is 0.811. The van der Waals surface area contributed by atoms with Gasteiger partial charge in [-0.3, -0.25) is 9.88 Å². The molecule has 0 spiro atoms. The summed E-state index contributed by atoms with van der Waals surface area (Å²) in [6.07, 6.45) is 4.80. The lowest BCUT2D eigenvalue weighted by molar-refractivity contribution is -0.0679. The van der Waals surface area contributed by atoms with Gasteiger partial charge in [0.25, 0.3) is 0 Å². The summed E-state index contributed by atoms with van der Waals surface area (Å²) < 4.78 is 5.70. The molecular weight excluding hydrogens is 268 g/mol. The van der Waals surface area contributed by atoms with Crippen LogP contribution in [0.1, 0.15) is 20.3 Å². The molecule has 1 aromatic rings. The molecule has 2 heterocycles. The molecule has 0 aliphatic carbocycles.